The summed E-state index contributed by atoms with van der Waals surface area (Å²) in [6.07, 6.45) is 1.41. The third-order valence-corrected chi connectivity index (χ3v) is 0.404. The maximum atomic E-state index is 5.04. The van der Waals surface area contributed by atoms with Crippen molar-refractivity contribution in [3.05, 3.63) is 0 Å². The SMILES string of the molecule is [B]CC#CCC. The Kier molecular flexibility index (Phi) is 4.34. The highest BCUT2D eigenvalue weighted by Gasteiger charge is 1.56. The third-order valence-electron chi connectivity index (χ3n) is 0.404. The summed E-state index contributed by atoms with van der Waals surface area (Å²) in [6, 6.07) is 0. The average Bonchev–Trinajstić information content (AvgIpc) is 1.61. The van der Waals surface area contributed by atoms with E-state index in [1.807, 2.05) is 6.92 Å². The standard InChI is InChI=1S/C5H7B/c1-2-3-4-5-6/h2,5H2,1H3. The molecule has 0 N–H and O–H groups in total. The summed E-state index contributed by atoms with van der Waals surface area (Å²) in [6.45, 7) is 2.00. The summed E-state index contributed by atoms with van der Waals surface area (Å²) in [5.41, 5.74) is 0. The second kappa shape index (κ2) is 4.62. The Balaban J connectivity index is 2.90. The average molecular weight is 77.9 g/mol. The second-order valence-electron chi connectivity index (χ2n) is 0.911. The molecule has 0 aliphatic carbocycles. The van der Waals surface area contributed by atoms with Crippen molar-refractivity contribution >= 4 is 7.85 Å². The molecule has 0 heterocycles. The van der Waals surface area contributed by atoms with E-state index >= 15 is 0 Å². The molecule has 0 aliphatic rings. The Morgan fingerprint density at radius 3 is 2.33 bits per heavy atom. The van der Waals surface area contributed by atoms with Crippen LogP contribution in [0.25, 0.3) is 0 Å². The van der Waals surface area contributed by atoms with Gasteiger partial charge in [-0.15, -0.1) is 11.8 Å². The van der Waals surface area contributed by atoms with Crippen molar-refractivity contribution in [2.45, 2.75) is 19.7 Å². The monoisotopic (exact) mass is 78.1 g/mol. The Morgan fingerprint density at radius 2 is 2.17 bits per heavy atom. The highest BCUT2D eigenvalue weighted by atomic mass is 13.6. The zero-order valence-corrected chi connectivity index (χ0v) is 3.99. The molecule has 0 amide bonds. The fourth-order valence-corrected chi connectivity index (χ4v) is 0.197. The van der Waals surface area contributed by atoms with Crippen molar-refractivity contribution in [1.82, 2.24) is 0 Å². The molecule has 30 valence electrons. The van der Waals surface area contributed by atoms with Crippen LogP contribution >= 0.6 is 0 Å². The molecule has 0 aromatic carbocycles. The fourth-order valence-electron chi connectivity index (χ4n) is 0.197. The van der Waals surface area contributed by atoms with Gasteiger partial charge in [0.2, 0.25) is 0 Å². The Morgan fingerprint density at radius 1 is 1.50 bits per heavy atom. The molecule has 0 rings (SSSR count). The molecule has 0 spiro atoms. The Bertz CT molecular complexity index is 57.7. The van der Waals surface area contributed by atoms with Crippen LogP contribution in [0.4, 0.5) is 0 Å². The minimum atomic E-state index is 0.494. The molecule has 1 heteroatoms. The summed E-state index contributed by atoms with van der Waals surface area (Å²) in [5.74, 6) is 5.55. The molecule has 0 aromatic heterocycles. The van der Waals surface area contributed by atoms with E-state index in [-0.39, 0.29) is 0 Å². The van der Waals surface area contributed by atoms with Gasteiger partial charge in [0.25, 0.3) is 0 Å². The zero-order chi connectivity index (χ0) is 4.83. The summed E-state index contributed by atoms with van der Waals surface area (Å²) < 4.78 is 0. The lowest BCUT2D eigenvalue weighted by Gasteiger charge is -1.65. The lowest BCUT2D eigenvalue weighted by Crippen LogP contribution is -1.56. The third kappa shape index (κ3) is 3.62. The van der Waals surface area contributed by atoms with Crippen LogP contribution in [-0.2, 0) is 0 Å². The smallest absolute Gasteiger partial charge is 0.0827 e. The van der Waals surface area contributed by atoms with Crippen LogP contribution in [0.2, 0.25) is 6.32 Å². The van der Waals surface area contributed by atoms with Gasteiger partial charge in [0.1, 0.15) is 0 Å². The van der Waals surface area contributed by atoms with Gasteiger partial charge in [0.05, 0.1) is 7.85 Å². The van der Waals surface area contributed by atoms with Gasteiger partial charge >= 0.3 is 0 Å². The second-order valence-corrected chi connectivity index (χ2v) is 0.911. The van der Waals surface area contributed by atoms with Crippen molar-refractivity contribution in [2.75, 3.05) is 0 Å². The van der Waals surface area contributed by atoms with Gasteiger partial charge in [0, 0.05) is 6.42 Å². The first kappa shape index (κ1) is 5.62. The molecule has 0 saturated carbocycles. The first-order valence-corrected chi connectivity index (χ1v) is 2.07. The van der Waals surface area contributed by atoms with Gasteiger partial charge in [0.15, 0.2) is 0 Å². The first-order chi connectivity index (χ1) is 2.91. The molecule has 0 nitrogen and oxygen atoms in total. The molecule has 6 heavy (non-hydrogen) atoms. The predicted molar refractivity (Wildman–Crippen MR) is 28.6 cm³/mol. The molecule has 0 saturated heterocycles. The number of hydrogen-bond acceptors (Lipinski definition) is 0. The first-order valence-electron chi connectivity index (χ1n) is 2.07. The molecule has 0 atom stereocenters. The van der Waals surface area contributed by atoms with Crippen LogP contribution in [0.15, 0.2) is 0 Å². The van der Waals surface area contributed by atoms with Crippen molar-refractivity contribution in [2.24, 2.45) is 0 Å². The molecule has 0 aliphatic heterocycles. The van der Waals surface area contributed by atoms with E-state index in [9.17, 15) is 0 Å². The summed E-state index contributed by atoms with van der Waals surface area (Å²) in [5, 5.41) is 0. The lowest BCUT2D eigenvalue weighted by atomic mass is 10.1. The largest absolute Gasteiger partial charge is 0.113 e. The van der Waals surface area contributed by atoms with E-state index < -0.39 is 0 Å². The van der Waals surface area contributed by atoms with Crippen LogP contribution in [0.3, 0.4) is 0 Å². The van der Waals surface area contributed by atoms with Gasteiger partial charge in [-0.1, -0.05) is 6.92 Å². The van der Waals surface area contributed by atoms with E-state index in [1.165, 1.54) is 0 Å². The van der Waals surface area contributed by atoms with Gasteiger partial charge in [-0.3, -0.25) is 0 Å². The predicted octanol–water partition coefficient (Wildman–Crippen LogP) is 0.987. The van der Waals surface area contributed by atoms with Gasteiger partial charge in [-0.2, -0.15) is 0 Å². The molecule has 0 bridgehead atoms. The summed E-state index contributed by atoms with van der Waals surface area (Å²) >= 11 is 0. The minimum absolute atomic E-state index is 0.494. The van der Waals surface area contributed by atoms with Crippen LogP contribution < -0.4 is 0 Å². The maximum absolute atomic E-state index is 5.04. The molecule has 0 aromatic rings. The van der Waals surface area contributed by atoms with Crippen LogP contribution in [0.5, 0.6) is 0 Å². The maximum Gasteiger partial charge on any atom is 0.0827 e. The van der Waals surface area contributed by atoms with Gasteiger partial charge in [-0.25, -0.2) is 0 Å². The quantitative estimate of drug-likeness (QED) is 0.299. The Labute approximate surface area is 40.4 Å². The number of hydrogen-bond donors (Lipinski definition) is 0. The van der Waals surface area contributed by atoms with E-state index in [2.05, 4.69) is 11.8 Å². The van der Waals surface area contributed by atoms with Crippen LogP contribution in [0.1, 0.15) is 13.3 Å². The molecule has 2 radical (unpaired) electrons. The topological polar surface area (TPSA) is 0 Å². The zero-order valence-electron chi connectivity index (χ0n) is 3.99. The number of rotatable bonds is 0. The van der Waals surface area contributed by atoms with Crippen LogP contribution in [0, 0.1) is 11.8 Å². The highest BCUT2D eigenvalue weighted by molar-refractivity contribution is 6.10. The minimum Gasteiger partial charge on any atom is -0.113 e. The summed E-state index contributed by atoms with van der Waals surface area (Å²) in [4.78, 5) is 0. The highest BCUT2D eigenvalue weighted by Crippen LogP contribution is 1.67. The van der Waals surface area contributed by atoms with Crippen molar-refractivity contribution < 1.29 is 0 Å². The summed E-state index contributed by atoms with van der Waals surface area (Å²) in [7, 11) is 5.04. The van der Waals surface area contributed by atoms with E-state index in [0.29, 0.717) is 6.32 Å². The lowest BCUT2D eigenvalue weighted by molar-refractivity contribution is 1.28. The molecule has 0 fully saturated rings. The van der Waals surface area contributed by atoms with Crippen LogP contribution in [-0.4, -0.2) is 7.85 Å². The van der Waals surface area contributed by atoms with Crippen molar-refractivity contribution in [3.63, 3.8) is 0 Å². The normalized spacial score (nSPS) is 6.17. The molecular weight excluding hydrogens is 70.9 g/mol. The van der Waals surface area contributed by atoms with E-state index in [1.54, 1.807) is 0 Å². The van der Waals surface area contributed by atoms with Crippen molar-refractivity contribution in [3.8, 4) is 11.8 Å². The van der Waals surface area contributed by atoms with E-state index in [4.69, 9.17) is 7.85 Å². The molecular formula is C5H7B. The van der Waals surface area contributed by atoms with Gasteiger partial charge in [-0.05, 0) is 6.32 Å². The Hall–Kier alpha value is -0.375. The fraction of sp³-hybridized carbons (Fsp3) is 0.600. The van der Waals surface area contributed by atoms with E-state index in [0.717, 1.165) is 6.42 Å². The van der Waals surface area contributed by atoms with Crippen molar-refractivity contribution in [1.29, 1.82) is 0 Å². The molecule has 0 unspecified atom stereocenters. The van der Waals surface area contributed by atoms with Gasteiger partial charge < -0.3 is 0 Å².